The Morgan fingerprint density at radius 3 is 2.60 bits per heavy atom. The molecular formula is C13H10BrF3N2O. The van der Waals surface area contributed by atoms with E-state index in [1.165, 1.54) is 16.8 Å². The number of aryl methyl sites for hydroxylation is 1. The lowest BCUT2D eigenvalue weighted by Gasteiger charge is -2.10. The van der Waals surface area contributed by atoms with Crippen molar-refractivity contribution in [3.8, 4) is 0 Å². The van der Waals surface area contributed by atoms with Crippen molar-refractivity contribution < 1.29 is 18.0 Å². The fourth-order valence-electron chi connectivity index (χ4n) is 1.74. The minimum atomic E-state index is -4.50. The fourth-order valence-corrected chi connectivity index (χ4v) is 2.21. The predicted molar refractivity (Wildman–Crippen MR) is 70.4 cm³/mol. The summed E-state index contributed by atoms with van der Waals surface area (Å²) in [6.07, 6.45) is -2.86. The molecular weight excluding hydrogens is 337 g/mol. The van der Waals surface area contributed by atoms with E-state index >= 15 is 0 Å². The van der Waals surface area contributed by atoms with E-state index in [2.05, 4.69) is 21.0 Å². The van der Waals surface area contributed by atoms with Gasteiger partial charge in [-0.05, 0) is 18.2 Å². The number of rotatable bonds is 3. The molecule has 2 rings (SSSR count). The van der Waals surface area contributed by atoms with E-state index in [4.69, 9.17) is 0 Å². The Balaban J connectivity index is 2.27. The highest BCUT2D eigenvalue weighted by Crippen LogP contribution is 2.35. The molecule has 7 heteroatoms. The molecule has 0 atom stereocenters. The van der Waals surface area contributed by atoms with Gasteiger partial charge in [-0.2, -0.15) is 18.3 Å². The van der Waals surface area contributed by atoms with Crippen LogP contribution in [-0.4, -0.2) is 15.6 Å². The van der Waals surface area contributed by atoms with Gasteiger partial charge in [-0.15, -0.1) is 0 Å². The second-order valence-electron chi connectivity index (χ2n) is 4.27. The fraction of sp³-hybridized carbons (Fsp3) is 0.231. The van der Waals surface area contributed by atoms with Crippen LogP contribution in [0.1, 0.15) is 21.6 Å². The van der Waals surface area contributed by atoms with Crippen LogP contribution in [0.15, 0.2) is 34.9 Å². The van der Waals surface area contributed by atoms with Crippen LogP contribution < -0.4 is 0 Å². The van der Waals surface area contributed by atoms with Crippen LogP contribution in [0.3, 0.4) is 0 Å². The monoisotopic (exact) mass is 346 g/mol. The summed E-state index contributed by atoms with van der Waals surface area (Å²) in [4.78, 5) is 12.0. The van der Waals surface area contributed by atoms with Crippen molar-refractivity contribution in [2.75, 3.05) is 0 Å². The number of ketones is 1. The summed E-state index contributed by atoms with van der Waals surface area (Å²) in [5, 5.41) is 4.03. The van der Waals surface area contributed by atoms with Crippen LogP contribution in [0.5, 0.6) is 0 Å². The number of hydrogen-bond acceptors (Lipinski definition) is 2. The molecule has 0 amide bonds. The highest BCUT2D eigenvalue weighted by atomic mass is 79.9. The van der Waals surface area contributed by atoms with Crippen molar-refractivity contribution in [3.05, 3.63) is 51.8 Å². The molecule has 106 valence electrons. The van der Waals surface area contributed by atoms with E-state index in [1.807, 2.05) is 0 Å². The number of nitrogens with zero attached hydrogens (tertiary/aromatic N) is 2. The molecule has 1 aromatic heterocycles. The summed E-state index contributed by atoms with van der Waals surface area (Å²) < 4.78 is 39.7. The number of hydrogen-bond donors (Lipinski definition) is 0. The quantitative estimate of drug-likeness (QED) is 0.795. The summed E-state index contributed by atoms with van der Waals surface area (Å²) in [6, 6.07) is 5.11. The second kappa shape index (κ2) is 5.40. The first-order valence-electron chi connectivity index (χ1n) is 5.66. The maximum atomic E-state index is 12.8. The third-order valence-corrected chi connectivity index (χ3v) is 3.40. The third kappa shape index (κ3) is 3.27. The molecule has 0 aliphatic carbocycles. The van der Waals surface area contributed by atoms with Crippen LogP contribution in [0.4, 0.5) is 13.2 Å². The molecule has 3 nitrogen and oxygen atoms in total. The molecule has 20 heavy (non-hydrogen) atoms. The van der Waals surface area contributed by atoms with E-state index in [-0.39, 0.29) is 16.5 Å². The van der Waals surface area contributed by atoms with Gasteiger partial charge in [0.05, 0.1) is 17.7 Å². The molecule has 0 aliphatic heterocycles. The number of alkyl halides is 3. The Kier molecular flexibility index (Phi) is 3.99. The Hall–Kier alpha value is -1.63. The average molecular weight is 347 g/mol. The molecule has 0 spiro atoms. The Morgan fingerprint density at radius 1 is 1.35 bits per heavy atom. The number of carbonyl (C=O) groups is 1. The first-order chi connectivity index (χ1) is 9.27. The van der Waals surface area contributed by atoms with Crippen LogP contribution in [-0.2, 0) is 19.6 Å². The minimum Gasteiger partial charge on any atom is -0.294 e. The highest BCUT2D eigenvalue weighted by molar-refractivity contribution is 9.10. The molecule has 1 heterocycles. The molecule has 0 saturated carbocycles. The van der Waals surface area contributed by atoms with Gasteiger partial charge in [0.1, 0.15) is 0 Å². The lowest BCUT2D eigenvalue weighted by atomic mass is 10.0. The van der Waals surface area contributed by atoms with Gasteiger partial charge in [0.25, 0.3) is 0 Å². The lowest BCUT2D eigenvalue weighted by molar-refractivity contribution is -0.138. The zero-order valence-corrected chi connectivity index (χ0v) is 12.0. The number of halogens is 4. The van der Waals surface area contributed by atoms with E-state index in [0.29, 0.717) is 5.69 Å². The molecule has 0 bridgehead atoms. The summed E-state index contributed by atoms with van der Waals surface area (Å²) in [6.45, 7) is 0. The summed E-state index contributed by atoms with van der Waals surface area (Å²) in [7, 11) is 1.70. The third-order valence-electron chi connectivity index (χ3n) is 2.70. The van der Waals surface area contributed by atoms with E-state index in [9.17, 15) is 18.0 Å². The highest BCUT2D eigenvalue weighted by Gasteiger charge is 2.33. The normalized spacial score (nSPS) is 11.7. The van der Waals surface area contributed by atoms with Crippen molar-refractivity contribution in [3.63, 3.8) is 0 Å². The SMILES string of the molecule is Cn1ccc(CC(=O)c2ccc(Br)c(C(F)(F)F)c2)n1. The van der Waals surface area contributed by atoms with Crippen molar-refractivity contribution in [1.82, 2.24) is 9.78 Å². The van der Waals surface area contributed by atoms with Crippen LogP contribution in [0, 0.1) is 0 Å². The molecule has 0 radical (unpaired) electrons. The van der Waals surface area contributed by atoms with Gasteiger partial charge in [0, 0.05) is 23.3 Å². The van der Waals surface area contributed by atoms with Gasteiger partial charge in [-0.3, -0.25) is 9.48 Å². The first kappa shape index (κ1) is 14.8. The van der Waals surface area contributed by atoms with Gasteiger partial charge in [0.15, 0.2) is 5.78 Å². The molecule has 2 aromatic rings. The summed E-state index contributed by atoms with van der Waals surface area (Å²) >= 11 is 2.84. The minimum absolute atomic E-state index is 0.0196. The van der Waals surface area contributed by atoms with Crippen molar-refractivity contribution in [1.29, 1.82) is 0 Å². The first-order valence-corrected chi connectivity index (χ1v) is 6.45. The van der Waals surface area contributed by atoms with Gasteiger partial charge >= 0.3 is 6.18 Å². The Bertz CT molecular complexity index is 649. The maximum Gasteiger partial charge on any atom is 0.417 e. The number of aromatic nitrogens is 2. The zero-order valence-electron chi connectivity index (χ0n) is 10.4. The van der Waals surface area contributed by atoms with E-state index in [1.54, 1.807) is 19.3 Å². The lowest BCUT2D eigenvalue weighted by Crippen LogP contribution is -2.10. The standard InChI is InChI=1S/C13H10BrF3N2O/c1-19-5-4-9(18-19)7-12(20)8-2-3-11(14)10(6-8)13(15,16)17/h2-6H,7H2,1H3. The maximum absolute atomic E-state index is 12.8. The predicted octanol–water partition coefficient (Wildman–Crippen LogP) is 3.63. The Labute approximate surface area is 121 Å². The van der Waals surface area contributed by atoms with Crippen molar-refractivity contribution >= 4 is 21.7 Å². The summed E-state index contributed by atoms with van der Waals surface area (Å²) in [5.41, 5.74) is -0.315. The van der Waals surface area contributed by atoms with Crippen molar-refractivity contribution in [2.45, 2.75) is 12.6 Å². The largest absolute Gasteiger partial charge is 0.417 e. The van der Waals surface area contributed by atoms with Crippen LogP contribution in [0.25, 0.3) is 0 Å². The molecule has 0 aliphatic rings. The molecule has 0 saturated heterocycles. The topological polar surface area (TPSA) is 34.9 Å². The second-order valence-corrected chi connectivity index (χ2v) is 5.13. The average Bonchev–Trinajstić information content (AvgIpc) is 2.73. The zero-order chi connectivity index (χ0) is 14.9. The number of carbonyl (C=O) groups excluding carboxylic acids is 1. The van der Waals surface area contributed by atoms with Crippen molar-refractivity contribution in [2.24, 2.45) is 7.05 Å². The van der Waals surface area contributed by atoms with Gasteiger partial charge < -0.3 is 0 Å². The molecule has 0 N–H and O–H groups in total. The smallest absolute Gasteiger partial charge is 0.294 e. The Morgan fingerprint density at radius 2 is 2.05 bits per heavy atom. The van der Waals surface area contributed by atoms with Crippen LogP contribution >= 0.6 is 15.9 Å². The van der Waals surface area contributed by atoms with Gasteiger partial charge in [-0.1, -0.05) is 22.0 Å². The van der Waals surface area contributed by atoms with Gasteiger partial charge in [0.2, 0.25) is 0 Å². The number of Topliss-reactive ketones (excluding diaryl/α,β-unsaturated/α-hetero) is 1. The molecule has 0 fully saturated rings. The number of benzene rings is 1. The molecule has 1 aromatic carbocycles. The molecule has 0 unspecified atom stereocenters. The summed E-state index contributed by atoms with van der Waals surface area (Å²) in [5.74, 6) is -0.401. The van der Waals surface area contributed by atoms with E-state index < -0.39 is 17.5 Å². The van der Waals surface area contributed by atoms with Crippen LogP contribution in [0.2, 0.25) is 0 Å². The van der Waals surface area contributed by atoms with E-state index in [0.717, 1.165) is 6.07 Å². The van der Waals surface area contributed by atoms with Gasteiger partial charge in [-0.25, -0.2) is 0 Å².